The van der Waals surface area contributed by atoms with Crippen molar-refractivity contribution in [2.45, 2.75) is 70.4 Å². The summed E-state index contributed by atoms with van der Waals surface area (Å²) in [6.45, 7) is 5.62. The average molecular weight is 334 g/mol. The lowest BCUT2D eigenvalue weighted by Crippen LogP contribution is -2.42. The molecule has 1 saturated carbocycles. The van der Waals surface area contributed by atoms with Crippen LogP contribution in [0, 0.1) is 5.92 Å². The summed E-state index contributed by atoms with van der Waals surface area (Å²) in [6, 6.07) is 5.65. The van der Waals surface area contributed by atoms with E-state index < -0.39 is 11.6 Å². The third-order valence-electron chi connectivity index (χ3n) is 4.91. The summed E-state index contributed by atoms with van der Waals surface area (Å²) in [5.41, 5.74) is 7.71. The molecule has 5 heteroatoms. The standard InChI is InChI=1S/C19H30N2O3/c1-4-13(11-18(22)23)14-7-8-16(15(20)10-14)21-17(19(2,3)24)9-12-5-6-12/h7-8,10,12-13,17,21,24H,4-6,9,11,20H2,1-3H3,(H,22,23)/t13?,17-/m0/s1. The topological polar surface area (TPSA) is 95.6 Å². The fourth-order valence-corrected chi connectivity index (χ4v) is 3.07. The van der Waals surface area contributed by atoms with Crippen LogP contribution in [0.4, 0.5) is 11.4 Å². The van der Waals surface area contributed by atoms with Crippen molar-refractivity contribution in [2.24, 2.45) is 5.92 Å². The Bertz CT molecular complexity index is 576. The molecule has 134 valence electrons. The number of hydrogen-bond acceptors (Lipinski definition) is 4. The maximum Gasteiger partial charge on any atom is 0.303 e. The number of rotatable bonds is 9. The van der Waals surface area contributed by atoms with E-state index in [0.29, 0.717) is 11.6 Å². The fraction of sp³-hybridized carbons (Fsp3) is 0.632. The van der Waals surface area contributed by atoms with Gasteiger partial charge in [0.2, 0.25) is 0 Å². The first-order valence-electron chi connectivity index (χ1n) is 8.80. The Morgan fingerprint density at radius 1 is 1.42 bits per heavy atom. The summed E-state index contributed by atoms with van der Waals surface area (Å²) < 4.78 is 0. The first kappa shape index (κ1) is 18.6. The van der Waals surface area contributed by atoms with Gasteiger partial charge in [0.1, 0.15) is 0 Å². The van der Waals surface area contributed by atoms with E-state index in [1.54, 1.807) is 0 Å². The highest BCUT2D eigenvalue weighted by Gasteiger charge is 2.33. The number of nitrogens with two attached hydrogens (primary N) is 1. The molecule has 2 atom stereocenters. The van der Waals surface area contributed by atoms with Crippen LogP contribution in [0.2, 0.25) is 0 Å². The minimum Gasteiger partial charge on any atom is -0.481 e. The predicted molar refractivity (Wildman–Crippen MR) is 97.2 cm³/mol. The number of carboxylic acid groups (broad SMARTS) is 1. The van der Waals surface area contributed by atoms with Gasteiger partial charge in [-0.15, -0.1) is 0 Å². The summed E-state index contributed by atoms with van der Waals surface area (Å²) in [4.78, 5) is 11.0. The Morgan fingerprint density at radius 2 is 2.08 bits per heavy atom. The number of nitrogen functional groups attached to an aromatic ring is 1. The molecule has 0 radical (unpaired) electrons. The van der Waals surface area contributed by atoms with Crippen molar-refractivity contribution < 1.29 is 15.0 Å². The minimum atomic E-state index is -0.830. The van der Waals surface area contributed by atoms with Gasteiger partial charge in [-0.1, -0.05) is 25.8 Å². The summed E-state index contributed by atoms with van der Waals surface area (Å²) >= 11 is 0. The number of aliphatic hydroxyl groups is 1. The molecule has 5 nitrogen and oxygen atoms in total. The number of anilines is 2. The van der Waals surface area contributed by atoms with Gasteiger partial charge < -0.3 is 21.3 Å². The van der Waals surface area contributed by atoms with Crippen LogP contribution >= 0.6 is 0 Å². The number of carbonyl (C=O) groups is 1. The van der Waals surface area contributed by atoms with Gasteiger partial charge in [-0.2, -0.15) is 0 Å². The Labute approximate surface area is 144 Å². The number of benzene rings is 1. The summed E-state index contributed by atoms with van der Waals surface area (Å²) in [5, 5.41) is 22.8. The summed E-state index contributed by atoms with van der Waals surface area (Å²) in [6.07, 6.45) is 4.26. The highest BCUT2D eigenvalue weighted by molar-refractivity contribution is 5.70. The van der Waals surface area contributed by atoms with Crippen molar-refractivity contribution in [3.63, 3.8) is 0 Å². The third-order valence-corrected chi connectivity index (χ3v) is 4.91. The average Bonchev–Trinajstić information content (AvgIpc) is 3.28. The second-order valence-electron chi connectivity index (χ2n) is 7.58. The Morgan fingerprint density at radius 3 is 2.54 bits per heavy atom. The number of nitrogens with one attached hydrogen (secondary N) is 1. The van der Waals surface area contributed by atoms with E-state index >= 15 is 0 Å². The van der Waals surface area contributed by atoms with Gasteiger partial charge in [-0.05, 0) is 56.2 Å². The number of carboxylic acids is 1. The SMILES string of the molecule is CCC(CC(=O)O)c1ccc(N[C@@H](CC2CC2)C(C)(C)O)c(N)c1. The maximum atomic E-state index is 11.0. The molecular weight excluding hydrogens is 304 g/mol. The Kier molecular flexibility index (Phi) is 5.75. The van der Waals surface area contributed by atoms with E-state index in [1.807, 2.05) is 39.0 Å². The molecule has 1 aliphatic rings. The lowest BCUT2D eigenvalue weighted by atomic mass is 9.91. The highest BCUT2D eigenvalue weighted by Crippen LogP contribution is 2.37. The zero-order valence-electron chi connectivity index (χ0n) is 14.9. The molecule has 1 fully saturated rings. The first-order chi connectivity index (χ1) is 11.2. The van der Waals surface area contributed by atoms with E-state index in [0.717, 1.165) is 24.1 Å². The van der Waals surface area contributed by atoms with Gasteiger partial charge in [0.05, 0.1) is 29.4 Å². The van der Waals surface area contributed by atoms with Crippen LogP contribution in [-0.4, -0.2) is 27.8 Å². The van der Waals surface area contributed by atoms with Gasteiger partial charge >= 0.3 is 5.97 Å². The van der Waals surface area contributed by atoms with E-state index in [2.05, 4.69) is 5.32 Å². The molecule has 24 heavy (non-hydrogen) atoms. The Balaban J connectivity index is 2.14. The summed E-state index contributed by atoms with van der Waals surface area (Å²) in [7, 11) is 0. The molecule has 0 bridgehead atoms. The van der Waals surface area contributed by atoms with Crippen molar-refractivity contribution in [3.05, 3.63) is 23.8 Å². The molecule has 0 aliphatic heterocycles. The smallest absolute Gasteiger partial charge is 0.303 e. The molecule has 1 aromatic carbocycles. The summed E-state index contributed by atoms with van der Waals surface area (Å²) in [5.74, 6) is -0.140. The molecule has 0 spiro atoms. The van der Waals surface area contributed by atoms with Crippen LogP contribution in [0.1, 0.15) is 64.4 Å². The minimum absolute atomic E-state index is 0.0320. The molecular formula is C19H30N2O3. The number of aliphatic carboxylic acids is 1. The zero-order valence-corrected chi connectivity index (χ0v) is 14.9. The number of hydrogen-bond donors (Lipinski definition) is 4. The van der Waals surface area contributed by atoms with Gasteiger partial charge in [0, 0.05) is 0 Å². The van der Waals surface area contributed by atoms with Crippen LogP contribution in [-0.2, 0) is 4.79 Å². The van der Waals surface area contributed by atoms with Gasteiger partial charge in [-0.25, -0.2) is 0 Å². The van der Waals surface area contributed by atoms with Gasteiger partial charge in [0.25, 0.3) is 0 Å². The monoisotopic (exact) mass is 334 g/mol. The van der Waals surface area contributed by atoms with Crippen LogP contribution in [0.5, 0.6) is 0 Å². The van der Waals surface area contributed by atoms with Crippen molar-refractivity contribution in [1.29, 1.82) is 0 Å². The van der Waals surface area contributed by atoms with Crippen molar-refractivity contribution >= 4 is 17.3 Å². The Hall–Kier alpha value is -1.75. The zero-order chi connectivity index (χ0) is 17.9. The molecule has 1 unspecified atom stereocenters. The van der Waals surface area contributed by atoms with Crippen LogP contribution in [0.3, 0.4) is 0 Å². The predicted octanol–water partition coefficient (Wildman–Crippen LogP) is 3.59. The molecule has 0 heterocycles. The van der Waals surface area contributed by atoms with E-state index in [1.165, 1.54) is 12.8 Å². The second kappa shape index (κ2) is 7.43. The fourth-order valence-electron chi connectivity index (χ4n) is 3.07. The first-order valence-corrected chi connectivity index (χ1v) is 8.80. The lowest BCUT2D eigenvalue weighted by molar-refractivity contribution is -0.137. The van der Waals surface area contributed by atoms with Gasteiger partial charge in [-0.3, -0.25) is 4.79 Å². The van der Waals surface area contributed by atoms with E-state index in [9.17, 15) is 9.90 Å². The van der Waals surface area contributed by atoms with Crippen molar-refractivity contribution in [1.82, 2.24) is 0 Å². The van der Waals surface area contributed by atoms with Crippen LogP contribution in [0.15, 0.2) is 18.2 Å². The van der Waals surface area contributed by atoms with Gasteiger partial charge in [0.15, 0.2) is 0 Å². The molecule has 0 amide bonds. The van der Waals surface area contributed by atoms with E-state index in [4.69, 9.17) is 10.8 Å². The molecule has 0 saturated heterocycles. The quantitative estimate of drug-likeness (QED) is 0.518. The lowest BCUT2D eigenvalue weighted by Gasteiger charge is -2.32. The normalized spacial score (nSPS) is 17.3. The van der Waals surface area contributed by atoms with Crippen LogP contribution in [0.25, 0.3) is 0 Å². The molecule has 1 aliphatic carbocycles. The molecule has 1 aromatic rings. The molecule has 5 N–H and O–H groups in total. The second-order valence-corrected chi connectivity index (χ2v) is 7.58. The largest absolute Gasteiger partial charge is 0.481 e. The third kappa shape index (κ3) is 5.13. The molecule has 2 rings (SSSR count). The molecule has 0 aromatic heterocycles. The highest BCUT2D eigenvalue weighted by atomic mass is 16.4. The van der Waals surface area contributed by atoms with Crippen molar-refractivity contribution in [2.75, 3.05) is 11.1 Å². The maximum absolute atomic E-state index is 11.0. The van der Waals surface area contributed by atoms with Crippen molar-refractivity contribution in [3.8, 4) is 0 Å². The van der Waals surface area contributed by atoms with Crippen LogP contribution < -0.4 is 11.1 Å². The van der Waals surface area contributed by atoms with E-state index in [-0.39, 0.29) is 18.4 Å².